The number of hydrogen-bond donors (Lipinski definition) is 0. The van der Waals surface area contributed by atoms with Crippen molar-refractivity contribution in [1.82, 2.24) is 0 Å². The van der Waals surface area contributed by atoms with Crippen molar-refractivity contribution in [3.63, 3.8) is 0 Å². The topological polar surface area (TPSA) is 55.8 Å². The molecule has 0 saturated carbocycles. The maximum Gasteiger partial charge on any atom is 0.333 e. The predicted molar refractivity (Wildman–Crippen MR) is 65.3 cm³/mol. The van der Waals surface area contributed by atoms with E-state index in [0.717, 1.165) is 17.7 Å². The number of anilines is 1. The van der Waals surface area contributed by atoms with E-state index in [1.165, 1.54) is 0 Å². The second-order valence-electron chi connectivity index (χ2n) is 4.07. The summed E-state index contributed by atoms with van der Waals surface area (Å²) in [5.41, 5.74) is 1.95. The maximum absolute atomic E-state index is 11.3. The van der Waals surface area contributed by atoms with Crippen LogP contribution < -0.4 is 4.90 Å². The SMILES string of the molecule is COCCc1ccccc1N1CC(=O)OC(=O)C1. The molecule has 0 aromatic heterocycles. The van der Waals surface area contributed by atoms with E-state index in [1.807, 2.05) is 24.3 Å². The first-order chi connectivity index (χ1) is 8.70. The van der Waals surface area contributed by atoms with Gasteiger partial charge in [0.25, 0.3) is 0 Å². The number of cyclic esters (lactones) is 2. The van der Waals surface area contributed by atoms with Gasteiger partial charge in [-0.3, -0.25) is 0 Å². The van der Waals surface area contributed by atoms with Gasteiger partial charge < -0.3 is 14.4 Å². The fourth-order valence-corrected chi connectivity index (χ4v) is 1.97. The average Bonchev–Trinajstić information content (AvgIpc) is 2.35. The molecule has 1 aliphatic heterocycles. The number of benzene rings is 1. The monoisotopic (exact) mass is 249 g/mol. The van der Waals surface area contributed by atoms with E-state index in [-0.39, 0.29) is 13.1 Å². The number of carbonyl (C=O) groups excluding carboxylic acids is 2. The van der Waals surface area contributed by atoms with E-state index in [2.05, 4.69) is 4.74 Å². The third kappa shape index (κ3) is 2.87. The molecular formula is C13H15NO4. The first-order valence-electron chi connectivity index (χ1n) is 5.76. The van der Waals surface area contributed by atoms with Gasteiger partial charge in [0.15, 0.2) is 0 Å². The molecule has 18 heavy (non-hydrogen) atoms. The minimum absolute atomic E-state index is 0.107. The van der Waals surface area contributed by atoms with Crippen LogP contribution in [0.4, 0.5) is 5.69 Å². The van der Waals surface area contributed by atoms with E-state index in [9.17, 15) is 9.59 Å². The molecule has 1 heterocycles. The Hall–Kier alpha value is -1.88. The van der Waals surface area contributed by atoms with Gasteiger partial charge >= 0.3 is 11.9 Å². The van der Waals surface area contributed by atoms with Gasteiger partial charge in [0, 0.05) is 12.8 Å². The summed E-state index contributed by atoms with van der Waals surface area (Å²) in [5.74, 6) is -1.01. The lowest BCUT2D eigenvalue weighted by atomic mass is 10.1. The molecule has 5 nitrogen and oxygen atoms in total. The van der Waals surface area contributed by atoms with Crippen molar-refractivity contribution in [2.75, 3.05) is 31.7 Å². The lowest BCUT2D eigenvalue weighted by molar-refractivity contribution is -0.160. The molecule has 0 radical (unpaired) electrons. The smallest absolute Gasteiger partial charge is 0.333 e. The van der Waals surface area contributed by atoms with E-state index in [4.69, 9.17) is 4.74 Å². The Balaban J connectivity index is 2.20. The van der Waals surface area contributed by atoms with Crippen molar-refractivity contribution in [1.29, 1.82) is 0 Å². The normalized spacial score (nSPS) is 15.7. The number of esters is 2. The number of morpholine rings is 1. The van der Waals surface area contributed by atoms with Gasteiger partial charge in [0.05, 0.1) is 6.61 Å². The molecule has 0 amide bonds. The molecule has 1 aromatic carbocycles. The second-order valence-corrected chi connectivity index (χ2v) is 4.07. The molecule has 1 fully saturated rings. The predicted octanol–water partition coefficient (Wildman–Crippen LogP) is 0.765. The molecule has 0 atom stereocenters. The number of carbonyl (C=O) groups is 2. The van der Waals surface area contributed by atoms with Crippen molar-refractivity contribution in [3.8, 4) is 0 Å². The maximum atomic E-state index is 11.3. The van der Waals surface area contributed by atoms with Crippen LogP contribution in [-0.2, 0) is 25.5 Å². The fraction of sp³-hybridized carbons (Fsp3) is 0.385. The standard InChI is InChI=1S/C13H15NO4/c1-17-7-6-10-4-2-3-5-11(10)14-8-12(15)18-13(16)9-14/h2-5H,6-9H2,1H3. The first-order valence-corrected chi connectivity index (χ1v) is 5.76. The highest BCUT2D eigenvalue weighted by molar-refractivity contribution is 5.94. The molecule has 5 heteroatoms. The van der Waals surface area contributed by atoms with Gasteiger partial charge in [0.2, 0.25) is 0 Å². The molecule has 2 rings (SSSR count). The van der Waals surface area contributed by atoms with Crippen LogP contribution in [0.15, 0.2) is 24.3 Å². The van der Waals surface area contributed by atoms with Gasteiger partial charge in [-0.05, 0) is 18.1 Å². The third-order valence-electron chi connectivity index (χ3n) is 2.78. The summed E-state index contributed by atoms with van der Waals surface area (Å²) in [6.45, 7) is 0.814. The lowest BCUT2D eigenvalue weighted by Crippen LogP contribution is -2.43. The number of methoxy groups -OCH3 is 1. The van der Waals surface area contributed by atoms with Crippen LogP contribution in [0.5, 0.6) is 0 Å². The Morgan fingerprint density at radius 3 is 2.56 bits per heavy atom. The van der Waals surface area contributed by atoms with Crippen molar-refractivity contribution < 1.29 is 19.1 Å². The highest BCUT2D eigenvalue weighted by Gasteiger charge is 2.26. The lowest BCUT2D eigenvalue weighted by Gasteiger charge is -2.28. The van der Waals surface area contributed by atoms with Gasteiger partial charge in [0.1, 0.15) is 13.1 Å². The van der Waals surface area contributed by atoms with Gasteiger partial charge in [-0.1, -0.05) is 18.2 Å². The number of para-hydroxylation sites is 1. The first kappa shape index (κ1) is 12.6. The molecule has 0 bridgehead atoms. The van der Waals surface area contributed by atoms with Crippen LogP contribution in [0.25, 0.3) is 0 Å². The van der Waals surface area contributed by atoms with Crippen molar-refractivity contribution >= 4 is 17.6 Å². The van der Waals surface area contributed by atoms with Gasteiger partial charge in [-0.15, -0.1) is 0 Å². The summed E-state index contributed by atoms with van der Waals surface area (Å²) >= 11 is 0. The summed E-state index contributed by atoms with van der Waals surface area (Å²) < 4.78 is 9.57. The Labute approximate surface area is 105 Å². The van der Waals surface area contributed by atoms with Crippen LogP contribution in [0.2, 0.25) is 0 Å². The summed E-state index contributed by atoms with van der Waals surface area (Å²) in [6, 6.07) is 7.68. The number of nitrogens with zero attached hydrogens (tertiary/aromatic N) is 1. The van der Waals surface area contributed by atoms with E-state index >= 15 is 0 Å². The van der Waals surface area contributed by atoms with Gasteiger partial charge in [-0.2, -0.15) is 0 Å². The van der Waals surface area contributed by atoms with Crippen LogP contribution in [0.3, 0.4) is 0 Å². The van der Waals surface area contributed by atoms with Gasteiger partial charge in [-0.25, -0.2) is 9.59 Å². The summed E-state index contributed by atoms with van der Waals surface area (Å²) in [6.07, 6.45) is 0.742. The molecule has 96 valence electrons. The molecule has 1 aromatic rings. The third-order valence-corrected chi connectivity index (χ3v) is 2.78. The van der Waals surface area contributed by atoms with E-state index < -0.39 is 11.9 Å². The highest BCUT2D eigenvalue weighted by atomic mass is 16.6. The largest absolute Gasteiger partial charge is 0.390 e. The zero-order valence-electron chi connectivity index (χ0n) is 10.2. The quantitative estimate of drug-likeness (QED) is 0.582. The Kier molecular flexibility index (Phi) is 3.94. The fourth-order valence-electron chi connectivity index (χ4n) is 1.97. The number of rotatable bonds is 4. The van der Waals surface area contributed by atoms with Crippen molar-refractivity contribution in [2.24, 2.45) is 0 Å². The molecule has 0 N–H and O–H groups in total. The van der Waals surface area contributed by atoms with Crippen LogP contribution in [0.1, 0.15) is 5.56 Å². The Morgan fingerprint density at radius 1 is 1.22 bits per heavy atom. The summed E-state index contributed by atoms with van der Waals surface area (Å²) in [5, 5.41) is 0. The molecule has 1 saturated heterocycles. The van der Waals surface area contributed by atoms with Crippen molar-refractivity contribution in [2.45, 2.75) is 6.42 Å². The molecule has 0 aliphatic carbocycles. The number of ether oxygens (including phenoxy) is 2. The average molecular weight is 249 g/mol. The van der Waals surface area contributed by atoms with E-state index in [1.54, 1.807) is 12.0 Å². The zero-order chi connectivity index (χ0) is 13.0. The molecule has 1 aliphatic rings. The summed E-state index contributed by atoms with van der Waals surface area (Å²) in [7, 11) is 1.64. The Bertz CT molecular complexity index is 442. The molecular weight excluding hydrogens is 234 g/mol. The molecule has 0 spiro atoms. The van der Waals surface area contributed by atoms with Crippen molar-refractivity contribution in [3.05, 3.63) is 29.8 Å². The van der Waals surface area contributed by atoms with Crippen LogP contribution in [0, 0.1) is 0 Å². The Morgan fingerprint density at radius 2 is 1.89 bits per heavy atom. The zero-order valence-corrected chi connectivity index (χ0v) is 10.2. The minimum Gasteiger partial charge on any atom is -0.390 e. The molecule has 0 unspecified atom stereocenters. The van der Waals surface area contributed by atoms with Crippen LogP contribution in [-0.4, -0.2) is 38.7 Å². The minimum atomic E-state index is -0.507. The number of hydrogen-bond acceptors (Lipinski definition) is 5. The highest BCUT2D eigenvalue weighted by Crippen LogP contribution is 2.22. The second kappa shape index (κ2) is 5.64. The van der Waals surface area contributed by atoms with Crippen LogP contribution >= 0.6 is 0 Å². The van der Waals surface area contributed by atoms with E-state index in [0.29, 0.717) is 6.61 Å². The summed E-state index contributed by atoms with van der Waals surface area (Å²) in [4.78, 5) is 24.3.